The minimum Gasteiger partial charge on any atom is -0.378 e. The molecule has 108 valence electrons. The van der Waals surface area contributed by atoms with Gasteiger partial charge in [-0.2, -0.15) is 4.52 Å². The number of amides is 1. The van der Waals surface area contributed by atoms with E-state index in [1.165, 1.54) is 11.3 Å². The Morgan fingerprint density at radius 3 is 2.57 bits per heavy atom. The zero-order valence-electron chi connectivity index (χ0n) is 11.9. The maximum absolute atomic E-state index is 12.2. The summed E-state index contributed by atoms with van der Waals surface area (Å²) in [7, 11) is 3.94. The molecule has 1 N–H and O–H groups in total. The number of carbonyl (C=O) groups is 1. The van der Waals surface area contributed by atoms with Crippen molar-refractivity contribution in [1.82, 2.24) is 19.8 Å². The largest absolute Gasteiger partial charge is 0.378 e. The summed E-state index contributed by atoms with van der Waals surface area (Å²) in [6, 6.07) is 7.61. The molecule has 8 heteroatoms. The van der Waals surface area contributed by atoms with Crippen LogP contribution in [0, 0.1) is 6.92 Å². The third kappa shape index (κ3) is 2.57. The summed E-state index contributed by atoms with van der Waals surface area (Å²) in [6.07, 6.45) is 0. The Labute approximate surface area is 125 Å². The number of aromatic nitrogens is 4. The Morgan fingerprint density at radius 1 is 1.24 bits per heavy atom. The molecule has 0 atom stereocenters. The van der Waals surface area contributed by atoms with Crippen molar-refractivity contribution in [2.45, 2.75) is 6.92 Å². The van der Waals surface area contributed by atoms with Crippen LogP contribution >= 0.6 is 11.3 Å². The lowest BCUT2D eigenvalue weighted by Gasteiger charge is -2.12. The third-order valence-corrected chi connectivity index (χ3v) is 3.88. The van der Waals surface area contributed by atoms with Crippen LogP contribution in [0.5, 0.6) is 0 Å². The molecule has 0 saturated heterocycles. The Bertz CT molecular complexity index is 789. The van der Waals surface area contributed by atoms with E-state index in [4.69, 9.17) is 0 Å². The van der Waals surface area contributed by atoms with Crippen LogP contribution in [-0.2, 0) is 0 Å². The first-order valence-corrected chi connectivity index (χ1v) is 7.14. The second-order valence-corrected chi connectivity index (χ2v) is 5.70. The molecule has 3 aromatic rings. The zero-order chi connectivity index (χ0) is 15.0. The van der Waals surface area contributed by atoms with Gasteiger partial charge in [-0.1, -0.05) is 11.3 Å². The number of benzene rings is 1. The zero-order valence-corrected chi connectivity index (χ0v) is 12.7. The lowest BCUT2D eigenvalue weighted by molar-refractivity contribution is 0.102. The number of nitrogens with zero attached hydrogens (tertiary/aromatic N) is 5. The van der Waals surface area contributed by atoms with E-state index in [9.17, 15) is 4.79 Å². The molecule has 2 heterocycles. The molecular weight excluding hydrogens is 288 g/mol. The number of carbonyl (C=O) groups excluding carboxylic acids is 1. The predicted octanol–water partition coefficient (Wildman–Crippen LogP) is 1.81. The minimum absolute atomic E-state index is 0.248. The second kappa shape index (κ2) is 5.13. The first kappa shape index (κ1) is 13.5. The van der Waals surface area contributed by atoms with Crippen LogP contribution < -0.4 is 10.2 Å². The predicted molar refractivity (Wildman–Crippen MR) is 82.1 cm³/mol. The maximum Gasteiger partial charge on any atom is 0.286 e. The fourth-order valence-corrected chi connectivity index (χ4v) is 2.61. The van der Waals surface area contributed by atoms with Crippen LogP contribution in [0.3, 0.4) is 0 Å². The average molecular weight is 302 g/mol. The van der Waals surface area contributed by atoms with Gasteiger partial charge in [0.1, 0.15) is 0 Å². The van der Waals surface area contributed by atoms with Gasteiger partial charge in [-0.05, 0) is 31.2 Å². The number of hydrogen-bond donors (Lipinski definition) is 1. The number of anilines is 2. The summed E-state index contributed by atoms with van der Waals surface area (Å²) >= 11 is 1.21. The molecule has 0 spiro atoms. The van der Waals surface area contributed by atoms with E-state index >= 15 is 0 Å². The summed E-state index contributed by atoms with van der Waals surface area (Å²) in [5, 5.41) is 15.2. The van der Waals surface area contributed by atoms with E-state index in [0.29, 0.717) is 15.8 Å². The summed E-state index contributed by atoms with van der Waals surface area (Å²) in [5.74, 6) is 0.415. The van der Waals surface area contributed by atoms with Crippen LogP contribution in [0.4, 0.5) is 11.4 Å². The Morgan fingerprint density at radius 2 is 1.95 bits per heavy atom. The highest BCUT2D eigenvalue weighted by Gasteiger charge is 2.15. The molecule has 7 nitrogen and oxygen atoms in total. The molecule has 1 amide bonds. The van der Waals surface area contributed by atoms with Crippen molar-refractivity contribution in [2.24, 2.45) is 0 Å². The Kier molecular flexibility index (Phi) is 3.30. The van der Waals surface area contributed by atoms with Crippen molar-refractivity contribution in [3.63, 3.8) is 0 Å². The van der Waals surface area contributed by atoms with Gasteiger partial charge in [0.05, 0.1) is 0 Å². The van der Waals surface area contributed by atoms with E-state index in [0.717, 1.165) is 11.4 Å². The fourth-order valence-electron chi connectivity index (χ4n) is 1.83. The van der Waals surface area contributed by atoms with Crippen molar-refractivity contribution in [2.75, 3.05) is 24.3 Å². The smallest absolute Gasteiger partial charge is 0.286 e. The van der Waals surface area contributed by atoms with Crippen LogP contribution in [0.25, 0.3) is 4.96 Å². The van der Waals surface area contributed by atoms with E-state index in [1.807, 2.05) is 43.3 Å². The molecule has 0 radical (unpaired) electrons. The summed E-state index contributed by atoms with van der Waals surface area (Å²) in [6.45, 7) is 1.79. The highest BCUT2D eigenvalue weighted by molar-refractivity contribution is 7.18. The molecule has 0 aliphatic heterocycles. The van der Waals surface area contributed by atoms with Crippen molar-refractivity contribution in [3.05, 3.63) is 35.1 Å². The molecule has 0 aliphatic carbocycles. The van der Waals surface area contributed by atoms with Crippen LogP contribution in [0.1, 0.15) is 15.6 Å². The molecule has 0 fully saturated rings. The van der Waals surface area contributed by atoms with Gasteiger partial charge in [-0.25, -0.2) is 0 Å². The molecule has 21 heavy (non-hydrogen) atoms. The van der Waals surface area contributed by atoms with Crippen LogP contribution in [0.2, 0.25) is 0 Å². The number of fused-ring (bicyclic) bond motifs is 1. The van der Waals surface area contributed by atoms with Crippen LogP contribution in [-0.4, -0.2) is 39.8 Å². The maximum atomic E-state index is 12.2. The number of aryl methyl sites for hydroxylation is 1. The number of nitrogens with one attached hydrogen (secondary N) is 1. The van der Waals surface area contributed by atoms with E-state index in [1.54, 1.807) is 11.4 Å². The lowest BCUT2D eigenvalue weighted by atomic mass is 10.2. The SMILES string of the molecule is Cc1nnc2sc(C(=O)Nc3ccc(N(C)C)cc3)nn12. The fraction of sp³-hybridized carbons (Fsp3) is 0.231. The van der Waals surface area contributed by atoms with Gasteiger partial charge in [-0.3, -0.25) is 4.79 Å². The lowest BCUT2D eigenvalue weighted by Crippen LogP contribution is -2.13. The number of hydrogen-bond acceptors (Lipinski definition) is 6. The Hall–Kier alpha value is -2.48. The topological polar surface area (TPSA) is 75.4 Å². The van der Waals surface area contributed by atoms with Crippen molar-refractivity contribution in [3.8, 4) is 0 Å². The monoisotopic (exact) mass is 302 g/mol. The van der Waals surface area contributed by atoms with E-state index in [2.05, 4.69) is 20.6 Å². The second-order valence-electron chi connectivity index (χ2n) is 4.74. The minimum atomic E-state index is -0.248. The molecule has 1 aromatic carbocycles. The van der Waals surface area contributed by atoms with Crippen LogP contribution in [0.15, 0.2) is 24.3 Å². The molecular formula is C13H14N6OS. The summed E-state index contributed by atoms with van der Waals surface area (Å²) < 4.78 is 1.56. The highest BCUT2D eigenvalue weighted by Crippen LogP contribution is 2.18. The molecule has 0 bridgehead atoms. The molecule has 3 rings (SSSR count). The Balaban J connectivity index is 1.79. The van der Waals surface area contributed by atoms with Crippen molar-refractivity contribution < 1.29 is 4.79 Å². The first-order valence-electron chi connectivity index (χ1n) is 6.32. The molecule has 0 aliphatic rings. The number of rotatable bonds is 3. The third-order valence-electron chi connectivity index (χ3n) is 2.98. The molecule has 2 aromatic heterocycles. The van der Waals surface area contributed by atoms with Gasteiger partial charge in [0.25, 0.3) is 5.91 Å². The summed E-state index contributed by atoms with van der Waals surface area (Å²) in [5.41, 5.74) is 1.80. The van der Waals surface area contributed by atoms with Gasteiger partial charge < -0.3 is 10.2 Å². The van der Waals surface area contributed by atoms with Gasteiger partial charge in [0.15, 0.2) is 5.82 Å². The summed E-state index contributed by atoms with van der Waals surface area (Å²) in [4.78, 5) is 14.8. The highest BCUT2D eigenvalue weighted by atomic mass is 32.1. The van der Waals surface area contributed by atoms with Crippen molar-refractivity contribution >= 4 is 33.6 Å². The van der Waals surface area contributed by atoms with E-state index < -0.39 is 0 Å². The van der Waals surface area contributed by atoms with Gasteiger partial charge in [0.2, 0.25) is 9.97 Å². The molecule has 0 saturated carbocycles. The van der Waals surface area contributed by atoms with Gasteiger partial charge >= 0.3 is 0 Å². The van der Waals surface area contributed by atoms with Gasteiger partial charge in [-0.15, -0.1) is 15.3 Å². The molecule has 0 unspecified atom stereocenters. The standard InChI is InChI=1S/C13H14N6OS/c1-8-15-16-13-19(8)17-12(21-13)11(20)14-9-4-6-10(7-5-9)18(2)3/h4-7H,1-3H3,(H,14,20). The van der Waals surface area contributed by atoms with Crippen molar-refractivity contribution in [1.29, 1.82) is 0 Å². The quantitative estimate of drug-likeness (QED) is 0.798. The first-order chi connectivity index (χ1) is 10.0. The van der Waals surface area contributed by atoms with E-state index in [-0.39, 0.29) is 5.91 Å². The normalized spacial score (nSPS) is 10.8. The average Bonchev–Trinajstić information content (AvgIpc) is 3.02. The van der Waals surface area contributed by atoms with Gasteiger partial charge in [0, 0.05) is 25.5 Å².